The van der Waals surface area contributed by atoms with Crippen LogP contribution in [0.1, 0.15) is 11.1 Å². The van der Waals surface area contributed by atoms with Crippen LogP contribution >= 0.6 is 23.1 Å². The Morgan fingerprint density at radius 1 is 0.630 bits per heavy atom. The lowest BCUT2D eigenvalue weighted by Crippen LogP contribution is -2.02. The molecule has 3 aromatic carbocycles. The van der Waals surface area contributed by atoms with Gasteiger partial charge >= 0.3 is 0 Å². The Bertz CT molecular complexity index is 954. The number of rotatable bonds is 5. The molecule has 1 heterocycles. The summed E-state index contributed by atoms with van der Waals surface area (Å²) in [6.07, 6.45) is 0. The summed E-state index contributed by atoms with van der Waals surface area (Å²) in [5, 5.41) is 0. The molecular weight excluding hydrogens is 384 g/mol. The van der Waals surface area contributed by atoms with Crippen molar-refractivity contribution in [2.45, 2.75) is 37.0 Å². The van der Waals surface area contributed by atoms with Crippen LogP contribution in [-0.2, 0) is 10.9 Å². The lowest BCUT2D eigenvalue weighted by atomic mass is 10.2. The fourth-order valence-electron chi connectivity index (χ4n) is 2.79. The lowest BCUT2D eigenvalue weighted by Gasteiger charge is -2.06. The highest BCUT2D eigenvalue weighted by Gasteiger charge is 2.30. The third kappa shape index (κ3) is 4.49. The highest BCUT2D eigenvalue weighted by atomic mass is 32.2. The molecule has 4 rings (SSSR count). The standard InChI is InChI=1S/C24H21S3/c1-18-8-12-21(13-9-18)27(22-14-10-19(2)11-15-22)24-17-16-23(26-24)25-20-6-4-3-5-7-20/h3-17H,1-2H3/q+1. The van der Waals surface area contributed by atoms with Gasteiger partial charge in [0.15, 0.2) is 9.79 Å². The van der Waals surface area contributed by atoms with E-state index in [9.17, 15) is 0 Å². The molecule has 0 spiro atoms. The van der Waals surface area contributed by atoms with Crippen LogP contribution in [0.4, 0.5) is 0 Å². The second-order valence-electron chi connectivity index (χ2n) is 6.42. The molecule has 0 radical (unpaired) electrons. The predicted molar refractivity (Wildman–Crippen MR) is 119 cm³/mol. The summed E-state index contributed by atoms with van der Waals surface area (Å²) >= 11 is 3.75. The van der Waals surface area contributed by atoms with Gasteiger partial charge in [0, 0.05) is 11.0 Å². The Labute approximate surface area is 172 Å². The third-order valence-electron chi connectivity index (χ3n) is 4.23. The van der Waals surface area contributed by atoms with E-state index in [-0.39, 0.29) is 10.9 Å². The molecule has 134 valence electrons. The van der Waals surface area contributed by atoms with E-state index in [0.717, 1.165) is 0 Å². The van der Waals surface area contributed by atoms with E-state index in [4.69, 9.17) is 0 Å². The Hall–Kier alpha value is -1.94. The van der Waals surface area contributed by atoms with Gasteiger partial charge in [0.1, 0.15) is 10.9 Å². The van der Waals surface area contributed by atoms with Crippen LogP contribution < -0.4 is 0 Å². The zero-order valence-corrected chi connectivity index (χ0v) is 17.8. The summed E-state index contributed by atoms with van der Waals surface area (Å²) in [5.74, 6) is 0. The van der Waals surface area contributed by atoms with Crippen LogP contribution in [0.25, 0.3) is 0 Å². The van der Waals surface area contributed by atoms with Crippen molar-refractivity contribution in [1.82, 2.24) is 0 Å². The largest absolute Gasteiger partial charge is 0.221 e. The molecule has 0 bridgehead atoms. The van der Waals surface area contributed by atoms with Crippen LogP contribution in [0.2, 0.25) is 0 Å². The zero-order valence-electron chi connectivity index (χ0n) is 15.4. The highest BCUT2D eigenvalue weighted by molar-refractivity contribution is 8.02. The molecule has 0 aliphatic rings. The second-order valence-corrected chi connectivity index (χ2v) is 11.1. The average molecular weight is 406 g/mol. The van der Waals surface area contributed by atoms with Gasteiger partial charge in [-0.2, -0.15) is 0 Å². The normalized spacial score (nSPS) is 11.1. The van der Waals surface area contributed by atoms with Gasteiger partial charge in [-0.3, -0.25) is 0 Å². The van der Waals surface area contributed by atoms with Gasteiger partial charge in [-0.1, -0.05) is 76.7 Å². The Morgan fingerprint density at radius 2 is 1.19 bits per heavy atom. The summed E-state index contributed by atoms with van der Waals surface area (Å²) in [7, 11) is -0.0632. The second kappa shape index (κ2) is 8.39. The van der Waals surface area contributed by atoms with Gasteiger partial charge in [-0.15, -0.1) is 0 Å². The van der Waals surface area contributed by atoms with Crippen LogP contribution in [0.3, 0.4) is 0 Å². The first-order valence-electron chi connectivity index (χ1n) is 8.89. The van der Waals surface area contributed by atoms with Crippen molar-refractivity contribution in [2.24, 2.45) is 0 Å². The van der Waals surface area contributed by atoms with E-state index >= 15 is 0 Å². The monoisotopic (exact) mass is 405 g/mol. The smallest absolute Gasteiger partial charge is 0.0790 e. The van der Waals surface area contributed by atoms with Gasteiger partial charge in [0.25, 0.3) is 0 Å². The summed E-state index contributed by atoms with van der Waals surface area (Å²) in [6.45, 7) is 4.29. The van der Waals surface area contributed by atoms with E-state index in [0.29, 0.717) is 0 Å². The number of thiophene rings is 1. The summed E-state index contributed by atoms with van der Waals surface area (Å²) < 4.78 is 2.76. The van der Waals surface area contributed by atoms with Gasteiger partial charge in [0.2, 0.25) is 4.21 Å². The number of hydrogen-bond donors (Lipinski definition) is 0. The fraction of sp³-hybridized carbons (Fsp3) is 0.0833. The van der Waals surface area contributed by atoms with Crippen LogP contribution in [0.15, 0.2) is 114 Å². The van der Waals surface area contributed by atoms with Crippen molar-refractivity contribution in [3.8, 4) is 0 Å². The molecule has 27 heavy (non-hydrogen) atoms. The molecule has 0 fully saturated rings. The summed E-state index contributed by atoms with van der Waals surface area (Å²) in [5.41, 5.74) is 2.61. The van der Waals surface area contributed by atoms with Crippen LogP contribution in [0.5, 0.6) is 0 Å². The number of aryl methyl sites for hydroxylation is 2. The van der Waals surface area contributed by atoms with E-state index in [1.165, 1.54) is 34.2 Å². The molecular formula is C24H21S3+. The maximum Gasteiger partial charge on any atom is 0.221 e. The van der Waals surface area contributed by atoms with Gasteiger partial charge < -0.3 is 0 Å². The molecule has 0 aliphatic carbocycles. The van der Waals surface area contributed by atoms with Crippen LogP contribution in [-0.4, -0.2) is 0 Å². The molecule has 1 aromatic heterocycles. The minimum atomic E-state index is -0.0632. The maximum absolute atomic E-state index is 2.30. The van der Waals surface area contributed by atoms with Crippen molar-refractivity contribution in [2.75, 3.05) is 0 Å². The van der Waals surface area contributed by atoms with Crippen molar-refractivity contribution < 1.29 is 0 Å². The first-order chi connectivity index (χ1) is 13.2. The molecule has 3 heteroatoms. The average Bonchev–Trinajstić information content (AvgIpc) is 3.14. The van der Waals surface area contributed by atoms with E-state index in [2.05, 4.69) is 105 Å². The maximum atomic E-state index is 2.30. The van der Waals surface area contributed by atoms with Gasteiger partial charge in [0.05, 0.1) is 4.21 Å². The van der Waals surface area contributed by atoms with Crippen molar-refractivity contribution in [3.05, 3.63) is 102 Å². The molecule has 0 nitrogen and oxygen atoms in total. The number of benzene rings is 3. The first kappa shape index (κ1) is 18.4. The Morgan fingerprint density at radius 3 is 1.74 bits per heavy atom. The minimum Gasteiger partial charge on any atom is -0.0790 e. The molecule has 0 amide bonds. The molecule has 0 N–H and O–H groups in total. The van der Waals surface area contributed by atoms with Crippen molar-refractivity contribution >= 4 is 34.0 Å². The molecule has 0 saturated heterocycles. The molecule has 0 atom stereocenters. The Balaban J connectivity index is 1.70. The fourth-order valence-corrected chi connectivity index (χ4v) is 7.74. The van der Waals surface area contributed by atoms with E-state index < -0.39 is 0 Å². The molecule has 0 saturated carbocycles. The van der Waals surface area contributed by atoms with E-state index in [1.807, 2.05) is 23.1 Å². The third-order valence-corrected chi connectivity index (χ3v) is 9.03. The molecule has 4 aromatic rings. The van der Waals surface area contributed by atoms with Crippen LogP contribution in [0, 0.1) is 13.8 Å². The summed E-state index contributed by atoms with van der Waals surface area (Å²) in [4.78, 5) is 4.04. The van der Waals surface area contributed by atoms with Crippen molar-refractivity contribution in [3.63, 3.8) is 0 Å². The topological polar surface area (TPSA) is 0 Å². The highest BCUT2D eigenvalue weighted by Crippen LogP contribution is 2.40. The van der Waals surface area contributed by atoms with Gasteiger partial charge in [-0.25, -0.2) is 0 Å². The predicted octanol–water partition coefficient (Wildman–Crippen LogP) is 7.61. The first-order valence-corrected chi connectivity index (χ1v) is 11.8. The van der Waals surface area contributed by atoms with E-state index in [1.54, 1.807) is 0 Å². The lowest BCUT2D eigenvalue weighted by molar-refractivity contribution is 1.31. The molecule has 0 aliphatic heterocycles. The Kier molecular flexibility index (Phi) is 5.72. The SMILES string of the molecule is Cc1ccc([S+](c2ccc(C)cc2)c2ccc(Sc3ccccc3)s2)cc1. The zero-order chi connectivity index (χ0) is 18.6. The quantitative estimate of drug-likeness (QED) is 0.308. The summed E-state index contributed by atoms with van der Waals surface area (Å²) in [6, 6.07) is 33.2. The number of hydrogen-bond acceptors (Lipinski definition) is 2. The molecule has 0 unspecified atom stereocenters. The minimum absolute atomic E-state index is 0.0632. The van der Waals surface area contributed by atoms with Crippen molar-refractivity contribution in [1.29, 1.82) is 0 Å². The van der Waals surface area contributed by atoms with Gasteiger partial charge in [-0.05, 0) is 56.3 Å².